The molecule has 0 unspecified atom stereocenters. The molecule has 76 valence electrons. The van der Waals surface area contributed by atoms with Crippen LogP contribution in [0.4, 0.5) is 0 Å². The Hall–Kier alpha value is -0.790. The molecule has 2 heteroatoms. The van der Waals surface area contributed by atoms with E-state index in [2.05, 4.69) is 13.5 Å². The number of unbranched alkanes of at least 4 members (excludes halogenated alkanes) is 4. The van der Waals surface area contributed by atoms with E-state index < -0.39 is 5.97 Å². The third-order valence-electron chi connectivity index (χ3n) is 2.04. The van der Waals surface area contributed by atoms with Gasteiger partial charge in [-0.15, -0.1) is 0 Å². The average molecular weight is 184 g/mol. The SMILES string of the molecule is C=C(CCCCCCC)CC(=O)O. The quantitative estimate of drug-likeness (QED) is 0.464. The van der Waals surface area contributed by atoms with Crippen LogP contribution in [0.15, 0.2) is 12.2 Å². The Labute approximate surface area is 80.7 Å². The monoisotopic (exact) mass is 184 g/mol. The van der Waals surface area contributed by atoms with Crippen molar-refractivity contribution < 1.29 is 9.90 Å². The first-order chi connectivity index (χ1) is 6.16. The fourth-order valence-electron chi connectivity index (χ4n) is 1.28. The maximum atomic E-state index is 10.3. The Morgan fingerprint density at radius 2 is 1.85 bits per heavy atom. The minimum absolute atomic E-state index is 0.133. The zero-order valence-electron chi connectivity index (χ0n) is 8.51. The summed E-state index contributed by atoms with van der Waals surface area (Å²) in [4.78, 5) is 10.3. The lowest BCUT2D eigenvalue weighted by molar-refractivity contribution is -0.136. The Bertz CT molecular complexity index is 161. The topological polar surface area (TPSA) is 37.3 Å². The summed E-state index contributed by atoms with van der Waals surface area (Å²) in [6.45, 7) is 5.92. The molecular weight excluding hydrogens is 164 g/mol. The molecule has 13 heavy (non-hydrogen) atoms. The second-order valence-electron chi connectivity index (χ2n) is 3.48. The molecule has 0 spiro atoms. The lowest BCUT2D eigenvalue weighted by Gasteiger charge is -2.01. The Balaban J connectivity index is 3.22. The van der Waals surface area contributed by atoms with Gasteiger partial charge in [0, 0.05) is 0 Å². The van der Waals surface area contributed by atoms with Crippen molar-refractivity contribution in [2.75, 3.05) is 0 Å². The van der Waals surface area contributed by atoms with E-state index in [0.717, 1.165) is 18.4 Å². The lowest BCUT2D eigenvalue weighted by Crippen LogP contribution is -1.96. The summed E-state index contributed by atoms with van der Waals surface area (Å²) in [5.41, 5.74) is 0.851. The molecule has 0 aromatic rings. The van der Waals surface area contributed by atoms with E-state index in [9.17, 15) is 4.79 Å². The lowest BCUT2D eigenvalue weighted by atomic mass is 10.1. The van der Waals surface area contributed by atoms with Gasteiger partial charge in [-0.25, -0.2) is 0 Å². The molecule has 0 saturated heterocycles. The van der Waals surface area contributed by atoms with E-state index in [1.165, 1.54) is 25.7 Å². The molecule has 1 N–H and O–H groups in total. The van der Waals surface area contributed by atoms with E-state index in [0.29, 0.717) is 0 Å². The minimum Gasteiger partial charge on any atom is -0.481 e. The molecule has 2 nitrogen and oxygen atoms in total. The number of carboxylic acid groups (broad SMARTS) is 1. The summed E-state index contributed by atoms with van der Waals surface area (Å²) in [6.07, 6.45) is 7.08. The van der Waals surface area contributed by atoms with Crippen molar-refractivity contribution in [3.8, 4) is 0 Å². The molecule has 0 amide bonds. The van der Waals surface area contributed by atoms with Crippen LogP contribution in [-0.2, 0) is 4.79 Å². The molecule has 0 atom stereocenters. The van der Waals surface area contributed by atoms with Gasteiger partial charge in [-0.05, 0) is 12.8 Å². The van der Waals surface area contributed by atoms with Crippen LogP contribution in [0, 0.1) is 0 Å². The van der Waals surface area contributed by atoms with Gasteiger partial charge in [0.2, 0.25) is 0 Å². The van der Waals surface area contributed by atoms with E-state index in [-0.39, 0.29) is 6.42 Å². The number of hydrogen-bond donors (Lipinski definition) is 1. The molecular formula is C11H20O2. The van der Waals surface area contributed by atoms with Crippen LogP contribution in [0.25, 0.3) is 0 Å². The van der Waals surface area contributed by atoms with Crippen LogP contribution < -0.4 is 0 Å². The second-order valence-corrected chi connectivity index (χ2v) is 3.48. The smallest absolute Gasteiger partial charge is 0.307 e. The minimum atomic E-state index is -0.765. The molecule has 0 radical (unpaired) electrons. The zero-order chi connectivity index (χ0) is 10.1. The summed E-state index contributed by atoms with van der Waals surface area (Å²) in [6, 6.07) is 0. The van der Waals surface area contributed by atoms with Gasteiger partial charge >= 0.3 is 5.97 Å². The predicted molar refractivity (Wildman–Crippen MR) is 54.8 cm³/mol. The largest absolute Gasteiger partial charge is 0.481 e. The standard InChI is InChI=1S/C11H20O2/c1-3-4-5-6-7-8-10(2)9-11(12)13/h2-9H2,1H3,(H,12,13). The van der Waals surface area contributed by atoms with Crippen LogP contribution in [0.1, 0.15) is 51.9 Å². The summed E-state index contributed by atoms with van der Waals surface area (Å²) in [5, 5.41) is 8.46. The summed E-state index contributed by atoms with van der Waals surface area (Å²) < 4.78 is 0. The van der Waals surface area contributed by atoms with Crippen LogP contribution in [-0.4, -0.2) is 11.1 Å². The van der Waals surface area contributed by atoms with E-state index >= 15 is 0 Å². The highest BCUT2D eigenvalue weighted by Crippen LogP contribution is 2.11. The van der Waals surface area contributed by atoms with Gasteiger partial charge in [-0.3, -0.25) is 4.79 Å². The molecule has 0 aromatic heterocycles. The van der Waals surface area contributed by atoms with Gasteiger partial charge < -0.3 is 5.11 Å². The van der Waals surface area contributed by atoms with Gasteiger partial charge in [-0.2, -0.15) is 0 Å². The van der Waals surface area contributed by atoms with Gasteiger partial charge in [0.05, 0.1) is 6.42 Å². The van der Waals surface area contributed by atoms with E-state index in [1.807, 2.05) is 0 Å². The summed E-state index contributed by atoms with van der Waals surface area (Å²) in [5.74, 6) is -0.765. The van der Waals surface area contributed by atoms with Crippen molar-refractivity contribution in [3.63, 3.8) is 0 Å². The Morgan fingerprint density at radius 1 is 1.23 bits per heavy atom. The third kappa shape index (κ3) is 9.12. The van der Waals surface area contributed by atoms with Crippen LogP contribution in [0.5, 0.6) is 0 Å². The first-order valence-electron chi connectivity index (χ1n) is 5.05. The highest BCUT2D eigenvalue weighted by atomic mass is 16.4. The zero-order valence-corrected chi connectivity index (χ0v) is 8.51. The van der Waals surface area contributed by atoms with Crippen LogP contribution in [0.2, 0.25) is 0 Å². The van der Waals surface area contributed by atoms with Crippen LogP contribution in [0.3, 0.4) is 0 Å². The van der Waals surface area contributed by atoms with Crippen molar-refractivity contribution in [1.82, 2.24) is 0 Å². The molecule has 0 aliphatic carbocycles. The maximum Gasteiger partial charge on any atom is 0.307 e. The molecule has 0 saturated carbocycles. The fourth-order valence-corrected chi connectivity index (χ4v) is 1.28. The van der Waals surface area contributed by atoms with Crippen LogP contribution >= 0.6 is 0 Å². The van der Waals surface area contributed by atoms with Crippen molar-refractivity contribution in [2.45, 2.75) is 51.9 Å². The summed E-state index contributed by atoms with van der Waals surface area (Å²) in [7, 11) is 0. The first-order valence-corrected chi connectivity index (χ1v) is 5.05. The number of carboxylic acids is 1. The van der Waals surface area contributed by atoms with Crippen molar-refractivity contribution in [2.24, 2.45) is 0 Å². The third-order valence-corrected chi connectivity index (χ3v) is 2.04. The van der Waals surface area contributed by atoms with Gasteiger partial charge in [0.1, 0.15) is 0 Å². The molecule has 0 bridgehead atoms. The number of rotatable bonds is 8. The highest BCUT2D eigenvalue weighted by Gasteiger charge is 2.00. The molecule has 0 rings (SSSR count). The molecule has 0 aliphatic rings. The number of aliphatic carboxylic acids is 1. The molecule has 0 fully saturated rings. The van der Waals surface area contributed by atoms with Crippen molar-refractivity contribution in [3.05, 3.63) is 12.2 Å². The molecule has 0 aliphatic heterocycles. The normalized spacial score (nSPS) is 9.92. The fraction of sp³-hybridized carbons (Fsp3) is 0.727. The molecule has 0 heterocycles. The second kappa shape index (κ2) is 7.84. The van der Waals surface area contributed by atoms with Gasteiger partial charge in [0.25, 0.3) is 0 Å². The van der Waals surface area contributed by atoms with E-state index in [1.54, 1.807) is 0 Å². The number of carbonyl (C=O) groups is 1. The van der Waals surface area contributed by atoms with Gasteiger partial charge in [0.15, 0.2) is 0 Å². The number of hydrogen-bond acceptors (Lipinski definition) is 1. The van der Waals surface area contributed by atoms with E-state index in [4.69, 9.17) is 5.11 Å². The van der Waals surface area contributed by atoms with Crippen molar-refractivity contribution >= 4 is 5.97 Å². The highest BCUT2D eigenvalue weighted by molar-refractivity contribution is 5.69. The molecule has 0 aromatic carbocycles. The summed E-state index contributed by atoms with van der Waals surface area (Å²) >= 11 is 0. The average Bonchev–Trinajstić information content (AvgIpc) is 2.02. The van der Waals surface area contributed by atoms with Gasteiger partial charge in [-0.1, -0.05) is 44.8 Å². The maximum absolute atomic E-state index is 10.3. The first kappa shape index (κ1) is 12.2. The Morgan fingerprint density at radius 3 is 2.38 bits per heavy atom. The predicted octanol–water partition coefficient (Wildman–Crippen LogP) is 3.38. The Kier molecular flexibility index (Phi) is 7.36. The van der Waals surface area contributed by atoms with Crippen molar-refractivity contribution in [1.29, 1.82) is 0 Å².